The number of hydrogen-bond donors (Lipinski definition) is 1. The Balaban J connectivity index is 1.61. The number of thiophene rings is 1. The van der Waals surface area contributed by atoms with Crippen molar-refractivity contribution in [3.63, 3.8) is 0 Å². The highest BCUT2D eigenvalue weighted by molar-refractivity contribution is 7.89. The summed E-state index contributed by atoms with van der Waals surface area (Å²) in [5, 5.41) is 8.32. The number of aromatic nitrogens is 2. The van der Waals surface area contributed by atoms with Crippen LogP contribution in [0, 0.1) is 0 Å². The third-order valence-corrected chi connectivity index (χ3v) is 6.13. The molecule has 1 aliphatic heterocycles. The minimum absolute atomic E-state index is 0.240. The van der Waals surface area contributed by atoms with Crippen molar-refractivity contribution in [1.82, 2.24) is 19.4 Å². The van der Waals surface area contributed by atoms with Crippen LogP contribution in [0.5, 0.6) is 0 Å². The maximum Gasteiger partial charge on any atom is 0.246 e. The van der Waals surface area contributed by atoms with Gasteiger partial charge in [0.05, 0.1) is 6.20 Å². The Hall–Kier alpha value is -1.22. The molecule has 3 rings (SSSR count). The highest BCUT2D eigenvalue weighted by Crippen LogP contribution is 2.18. The van der Waals surface area contributed by atoms with Crippen molar-refractivity contribution in [2.75, 3.05) is 26.2 Å². The number of hydrogen-bond acceptors (Lipinski definition) is 5. The molecule has 1 saturated heterocycles. The van der Waals surface area contributed by atoms with E-state index in [0.717, 1.165) is 19.6 Å². The molecule has 0 atom stereocenters. The number of nitrogens with zero attached hydrogens (tertiary/aromatic N) is 3. The zero-order valence-electron chi connectivity index (χ0n) is 10.9. The summed E-state index contributed by atoms with van der Waals surface area (Å²) >= 11 is 1.74. The molecule has 20 heavy (non-hydrogen) atoms. The van der Waals surface area contributed by atoms with Crippen LogP contribution in [0.15, 0.2) is 34.8 Å². The molecular weight excluding hydrogens is 296 g/mol. The van der Waals surface area contributed by atoms with Gasteiger partial charge in [0.25, 0.3) is 0 Å². The van der Waals surface area contributed by atoms with Crippen LogP contribution in [0.2, 0.25) is 0 Å². The van der Waals surface area contributed by atoms with E-state index in [4.69, 9.17) is 0 Å². The fourth-order valence-electron chi connectivity index (χ4n) is 2.28. The van der Waals surface area contributed by atoms with Gasteiger partial charge in [-0.25, -0.2) is 8.42 Å². The van der Waals surface area contributed by atoms with E-state index < -0.39 is 10.0 Å². The first kappa shape index (κ1) is 13.7. The fourth-order valence-corrected chi connectivity index (χ4v) is 4.36. The number of rotatable bonds is 4. The molecule has 0 aromatic carbocycles. The number of H-pyrrole nitrogens is 1. The van der Waals surface area contributed by atoms with Gasteiger partial charge in [-0.2, -0.15) is 9.40 Å². The van der Waals surface area contributed by atoms with Gasteiger partial charge in [0, 0.05) is 43.8 Å². The van der Waals surface area contributed by atoms with Crippen LogP contribution in [0.3, 0.4) is 0 Å². The molecule has 0 unspecified atom stereocenters. The summed E-state index contributed by atoms with van der Waals surface area (Å²) in [6, 6.07) is 4.15. The van der Waals surface area contributed by atoms with Crippen molar-refractivity contribution in [2.24, 2.45) is 0 Å². The summed E-state index contributed by atoms with van der Waals surface area (Å²) in [5.74, 6) is 0. The van der Waals surface area contributed by atoms with Crippen molar-refractivity contribution in [1.29, 1.82) is 0 Å². The van der Waals surface area contributed by atoms with Crippen LogP contribution >= 0.6 is 11.3 Å². The molecule has 6 nitrogen and oxygen atoms in total. The third-order valence-electron chi connectivity index (χ3n) is 3.40. The van der Waals surface area contributed by atoms with Gasteiger partial charge in [0.2, 0.25) is 10.0 Å². The second-order valence-electron chi connectivity index (χ2n) is 4.69. The molecule has 2 aromatic heterocycles. The number of sulfonamides is 1. The van der Waals surface area contributed by atoms with Crippen molar-refractivity contribution in [2.45, 2.75) is 11.4 Å². The molecule has 108 valence electrons. The second kappa shape index (κ2) is 5.65. The third kappa shape index (κ3) is 2.78. The van der Waals surface area contributed by atoms with E-state index in [-0.39, 0.29) is 4.90 Å². The number of nitrogens with one attached hydrogen (secondary N) is 1. The van der Waals surface area contributed by atoms with Crippen molar-refractivity contribution in [3.8, 4) is 0 Å². The zero-order chi connectivity index (χ0) is 14.0. The SMILES string of the molecule is O=S(=O)(c1cn[nH]c1)N1CCN(Cc2cccs2)CC1. The lowest BCUT2D eigenvalue weighted by Crippen LogP contribution is -2.48. The van der Waals surface area contributed by atoms with Crippen LogP contribution in [-0.4, -0.2) is 54.0 Å². The van der Waals surface area contributed by atoms with Crippen LogP contribution in [-0.2, 0) is 16.6 Å². The predicted octanol–water partition coefficient (Wildman–Crippen LogP) is 0.978. The molecule has 2 aromatic rings. The van der Waals surface area contributed by atoms with E-state index in [2.05, 4.69) is 26.5 Å². The maximum atomic E-state index is 12.3. The lowest BCUT2D eigenvalue weighted by atomic mass is 10.3. The smallest absolute Gasteiger partial charge is 0.246 e. The molecule has 1 N–H and O–H groups in total. The first-order valence-electron chi connectivity index (χ1n) is 6.40. The molecule has 3 heterocycles. The van der Waals surface area contributed by atoms with E-state index in [0.29, 0.717) is 13.1 Å². The molecule has 0 amide bonds. The predicted molar refractivity (Wildman–Crippen MR) is 76.9 cm³/mol. The Bertz CT molecular complexity index is 629. The van der Waals surface area contributed by atoms with Gasteiger partial charge in [-0.3, -0.25) is 10.00 Å². The monoisotopic (exact) mass is 312 g/mol. The van der Waals surface area contributed by atoms with Crippen LogP contribution in [0.25, 0.3) is 0 Å². The fraction of sp³-hybridized carbons (Fsp3) is 0.417. The molecule has 0 radical (unpaired) electrons. The first-order valence-corrected chi connectivity index (χ1v) is 8.72. The molecular formula is C12H16N4O2S2. The number of aromatic amines is 1. The largest absolute Gasteiger partial charge is 0.296 e. The first-order chi connectivity index (χ1) is 9.66. The van der Waals surface area contributed by atoms with Gasteiger partial charge in [0.15, 0.2) is 0 Å². The lowest BCUT2D eigenvalue weighted by Gasteiger charge is -2.33. The van der Waals surface area contributed by atoms with Gasteiger partial charge < -0.3 is 0 Å². The lowest BCUT2D eigenvalue weighted by molar-refractivity contribution is 0.183. The summed E-state index contributed by atoms with van der Waals surface area (Å²) in [4.78, 5) is 3.84. The molecule has 0 spiro atoms. The highest BCUT2D eigenvalue weighted by atomic mass is 32.2. The minimum atomic E-state index is -3.39. The Morgan fingerprint density at radius 2 is 2.10 bits per heavy atom. The van der Waals surface area contributed by atoms with Crippen LogP contribution in [0.4, 0.5) is 0 Å². The Morgan fingerprint density at radius 1 is 1.30 bits per heavy atom. The molecule has 1 aliphatic rings. The van der Waals surface area contributed by atoms with Crippen molar-refractivity contribution in [3.05, 3.63) is 34.8 Å². The highest BCUT2D eigenvalue weighted by Gasteiger charge is 2.29. The summed E-state index contributed by atoms with van der Waals surface area (Å²) in [6.07, 6.45) is 2.78. The van der Waals surface area contributed by atoms with Crippen molar-refractivity contribution < 1.29 is 8.42 Å². The van der Waals surface area contributed by atoms with Crippen molar-refractivity contribution >= 4 is 21.4 Å². The van der Waals surface area contributed by atoms with Crippen LogP contribution < -0.4 is 0 Å². The standard InChI is InChI=1S/C12H16N4O2S2/c17-20(18,12-8-13-14-9-12)16-5-3-15(4-6-16)10-11-2-1-7-19-11/h1-2,7-9H,3-6,10H2,(H,13,14). The molecule has 0 bridgehead atoms. The molecule has 0 saturated carbocycles. The van der Waals surface area contributed by atoms with E-state index in [1.165, 1.54) is 21.6 Å². The second-order valence-corrected chi connectivity index (χ2v) is 7.66. The molecule has 0 aliphatic carbocycles. The Kier molecular flexibility index (Phi) is 3.88. The summed E-state index contributed by atoms with van der Waals surface area (Å²) in [6.45, 7) is 3.47. The average molecular weight is 312 g/mol. The van der Waals surface area contributed by atoms with Gasteiger partial charge in [-0.1, -0.05) is 6.07 Å². The Morgan fingerprint density at radius 3 is 2.70 bits per heavy atom. The molecule has 8 heteroatoms. The topological polar surface area (TPSA) is 69.3 Å². The maximum absolute atomic E-state index is 12.3. The van der Waals surface area contributed by atoms with Gasteiger partial charge >= 0.3 is 0 Å². The van der Waals surface area contributed by atoms with E-state index in [9.17, 15) is 8.42 Å². The van der Waals surface area contributed by atoms with Gasteiger partial charge in [-0.15, -0.1) is 11.3 Å². The van der Waals surface area contributed by atoms with Gasteiger partial charge in [-0.05, 0) is 11.4 Å². The Labute approximate surface area is 122 Å². The summed E-state index contributed by atoms with van der Waals surface area (Å²) < 4.78 is 26.2. The van der Waals surface area contributed by atoms with Crippen LogP contribution in [0.1, 0.15) is 4.88 Å². The summed E-state index contributed by atoms with van der Waals surface area (Å²) in [7, 11) is -3.39. The number of piperazine rings is 1. The van der Waals surface area contributed by atoms with Gasteiger partial charge in [0.1, 0.15) is 4.90 Å². The summed E-state index contributed by atoms with van der Waals surface area (Å²) in [5.41, 5.74) is 0. The van der Waals surface area contributed by atoms with E-state index in [1.807, 2.05) is 6.07 Å². The normalized spacial score (nSPS) is 18.4. The zero-order valence-corrected chi connectivity index (χ0v) is 12.5. The van der Waals surface area contributed by atoms with E-state index in [1.54, 1.807) is 11.3 Å². The minimum Gasteiger partial charge on any atom is -0.296 e. The van der Waals surface area contributed by atoms with E-state index >= 15 is 0 Å². The molecule has 1 fully saturated rings. The quantitative estimate of drug-likeness (QED) is 0.913. The average Bonchev–Trinajstić information content (AvgIpc) is 3.12.